The molecule has 0 saturated heterocycles. The summed E-state index contributed by atoms with van der Waals surface area (Å²) in [5.41, 5.74) is 3.89. The maximum Gasteiger partial charge on any atom is 0.164 e. The molecule has 0 saturated carbocycles. The van der Waals surface area contributed by atoms with Crippen LogP contribution < -0.4 is 0 Å². The van der Waals surface area contributed by atoms with Gasteiger partial charge >= 0.3 is 0 Å². The molecule has 1 aromatic carbocycles. The Labute approximate surface area is 114 Å². The molecule has 1 aromatic heterocycles. The van der Waals surface area contributed by atoms with Gasteiger partial charge in [-0.1, -0.05) is 50.1 Å². The summed E-state index contributed by atoms with van der Waals surface area (Å²) >= 11 is 0. The molecule has 102 valence electrons. The SMILES string of the molecule is CCCCn1nc(CC)c(O)c1-c1ccc(C)cc1. The summed E-state index contributed by atoms with van der Waals surface area (Å²) < 4.78 is 1.95. The summed E-state index contributed by atoms with van der Waals surface area (Å²) in [5.74, 6) is 0.336. The van der Waals surface area contributed by atoms with Gasteiger partial charge in [0, 0.05) is 12.1 Å². The molecule has 0 aliphatic rings. The Balaban J connectivity index is 2.46. The summed E-state index contributed by atoms with van der Waals surface area (Å²) in [6, 6.07) is 8.23. The fourth-order valence-corrected chi connectivity index (χ4v) is 2.21. The molecule has 2 aromatic rings. The number of nitrogens with zero attached hydrogens (tertiary/aromatic N) is 2. The largest absolute Gasteiger partial charge is 0.504 e. The third-order valence-corrected chi connectivity index (χ3v) is 3.38. The Morgan fingerprint density at radius 2 is 1.84 bits per heavy atom. The summed E-state index contributed by atoms with van der Waals surface area (Å²) in [7, 11) is 0. The summed E-state index contributed by atoms with van der Waals surface area (Å²) in [5, 5.41) is 14.9. The molecular formula is C16H22N2O. The molecule has 19 heavy (non-hydrogen) atoms. The average Bonchev–Trinajstić information content (AvgIpc) is 2.74. The Bertz CT molecular complexity index is 541. The Morgan fingerprint density at radius 1 is 1.16 bits per heavy atom. The zero-order chi connectivity index (χ0) is 13.8. The summed E-state index contributed by atoms with van der Waals surface area (Å²) in [6.07, 6.45) is 2.95. The highest BCUT2D eigenvalue weighted by atomic mass is 16.3. The van der Waals surface area contributed by atoms with Gasteiger partial charge in [-0.3, -0.25) is 4.68 Å². The number of aromatic hydroxyl groups is 1. The number of hydrogen-bond acceptors (Lipinski definition) is 2. The van der Waals surface area contributed by atoms with Gasteiger partial charge in [-0.05, 0) is 19.8 Å². The third-order valence-electron chi connectivity index (χ3n) is 3.38. The van der Waals surface area contributed by atoms with Gasteiger partial charge in [-0.25, -0.2) is 0 Å². The van der Waals surface area contributed by atoms with Crippen molar-refractivity contribution in [3.05, 3.63) is 35.5 Å². The van der Waals surface area contributed by atoms with E-state index in [1.165, 1.54) is 5.56 Å². The third kappa shape index (κ3) is 2.80. The molecule has 0 aliphatic heterocycles. The fraction of sp³-hybridized carbons (Fsp3) is 0.438. The van der Waals surface area contributed by atoms with Gasteiger partial charge in [-0.2, -0.15) is 5.10 Å². The first-order valence-corrected chi connectivity index (χ1v) is 7.03. The summed E-state index contributed by atoms with van der Waals surface area (Å²) in [6.45, 7) is 7.10. The van der Waals surface area contributed by atoms with Gasteiger partial charge in [0.25, 0.3) is 0 Å². The molecule has 1 N–H and O–H groups in total. The quantitative estimate of drug-likeness (QED) is 0.882. The van der Waals surface area contributed by atoms with E-state index in [4.69, 9.17) is 0 Å². The van der Waals surface area contributed by atoms with E-state index in [0.717, 1.165) is 42.8 Å². The van der Waals surface area contributed by atoms with Gasteiger partial charge in [0.15, 0.2) is 5.75 Å². The highest BCUT2D eigenvalue weighted by molar-refractivity contribution is 5.68. The second kappa shape index (κ2) is 5.91. The number of rotatable bonds is 5. The Morgan fingerprint density at radius 3 is 2.42 bits per heavy atom. The second-order valence-electron chi connectivity index (χ2n) is 4.94. The minimum absolute atomic E-state index is 0.336. The molecule has 2 rings (SSSR count). The van der Waals surface area contributed by atoms with Crippen molar-refractivity contribution >= 4 is 0 Å². The van der Waals surface area contributed by atoms with Crippen molar-refractivity contribution in [2.45, 2.75) is 46.6 Å². The van der Waals surface area contributed by atoms with E-state index >= 15 is 0 Å². The van der Waals surface area contributed by atoms with E-state index in [-0.39, 0.29) is 0 Å². The normalized spacial score (nSPS) is 10.9. The van der Waals surface area contributed by atoms with Crippen LogP contribution in [-0.4, -0.2) is 14.9 Å². The Kier molecular flexibility index (Phi) is 4.25. The van der Waals surface area contributed by atoms with Crippen molar-refractivity contribution in [2.24, 2.45) is 0 Å². The van der Waals surface area contributed by atoms with Gasteiger partial charge in [0.05, 0.1) is 0 Å². The number of benzene rings is 1. The van der Waals surface area contributed by atoms with Crippen molar-refractivity contribution in [3.63, 3.8) is 0 Å². The minimum Gasteiger partial charge on any atom is -0.504 e. The van der Waals surface area contributed by atoms with Crippen molar-refractivity contribution in [1.82, 2.24) is 9.78 Å². The van der Waals surface area contributed by atoms with Gasteiger partial charge < -0.3 is 5.11 Å². The number of aryl methyl sites for hydroxylation is 3. The van der Waals surface area contributed by atoms with Crippen molar-refractivity contribution in [3.8, 4) is 17.0 Å². The number of unbranched alkanes of at least 4 members (excludes halogenated alkanes) is 1. The lowest BCUT2D eigenvalue weighted by molar-refractivity contribution is 0.470. The van der Waals surface area contributed by atoms with Crippen LogP contribution in [0.15, 0.2) is 24.3 Å². The maximum absolute atomic E-state index is 10.3. The molecule has 0 spiro atoms. The molecular weight excluding hydrogens is 236 g/mol. The second-order valence-corrected chi connectivity index (χ2v) is 4.94. The standard InChI is InChI=1S/C16H22N2O/c1-4-6-11-18-15(16(19)14(5-2)17-18)13-9-7-12(3)8-10-13/h7-10,19H,4-6,11H2,1-3H3. The van der Waals surface area contributed by atoms with Crippen molar-refractivity contribution < 1.29 is 5.11 Å². The Hall–Kier alpha value is -1.77. The number of aromatic nitrogens is 2. The molecule has 3 heteroatoms. The van der Waals surface area contributed by atoms with Crippen LogP contribution in [0.5, 0.6) is 5.75 Å². The molecule has 0 aliphatic carbocycles. The highest BCUT2D eigenvalue weighted by Crippen LogP contribution is 2.33. The minimum atomic E-state index is 0.336. The molecule has 3 nitrogen and oxygen atoms in total. The maximum atomic E-state index is 10.3. The van der Waals surface area contributed by atoms with E-state index < -0.39 is 0 Å². The topological polar surface area (TPSA) is 38.0 Å². The van der Waals surface area contributed by atoms with Crippen molar-refractivity contribution in [1.29, 1.82) is 0 Å². The predicted molar refractivity (Wildman–Crippen MR) is 78.4 cm³/mol. The van der Waals surface area contributed by atoms with E-state index in [1.54, 1.807) is 0 Å². The molecule has 0 bridgehead atoms. The summed E-state index contributed by atoms with van der Waals surface area (Å²) in [4.78, 5) is 0. The van der Waals surface area contributed by atoms with Gasteiger partial charge in [0.1, 0.15) is 11.4 Å². The molecule has 0 unspecified atom stereocenters. The lowest BCUT2D eigenvalue weighted by Gasteiger charge is -2.07. The molecule has 1 heterocycles. The lowest BCUT2D eigenvalue weighted by atomic mass is 10.1. The smallest absolute Gasteiger partial charge is 0.164 e. The zero-order valence-corrected chi connectivity index (χ0v) is 12.0. The molecule has 0 radical (unpaired) electrons. The van der Waals surface area contributed by atoms with E-state index in [2.05, 4.69) is 31.1 Å². The average molecular weight is 258 g/mol. The first-order valence-electron chi connectivity index (χ1n) is 7.03. The first kappa shape index (κ1) is 13.7. The molecule has 0 atom stereocenters. The monoisotopic (exact) mass is 258 g/mol. The van der Waals surface area contributed by atoms with E-state index in [1.807, 2.05) is 23.7 Å². The van der Waals surface area contributed by atoms with Crippen LogP contribution >= 0.6 is 0 Å². The molecule has 0 amide bonds. The van der Waals surface area contributed by atoms with Crippen LogP contribution in [0.25, 0.3) is 11.3 Å². The van der Waals surface area contributed by atoms with Crippen LogP contribution in [0.4, 0.5) is 0 Å². The van der Waals surface area contributed by atoms with Gasteiger partial charge in [-0.15, -0.1) is 0 Å². The van der Waals surface area contributed by atoms with E-state index in [0.29, 0.717) is 5.75 Å². The van der Waals surface area contributed by atoms with Crippen LogP contribution in [-0.2, 0) is 13.0 Å². The fourth-order valence-electron chi connectivity index (χ4n) is 2.21. The lowest BCUT2D eigenvalue weighted by Crippen LogP contribution is -2.02. The zero-order valence-electron chi connectivity index (χ0n) is 12.0. The predicted octanol–water partition coefficient (Wildman–Crippen LogP) is 3.93. The van der Waals surface area contributed by atoms with Gasteiger partial charge in [0.2, 0.25) is 0 Å². The van der Waals surface area contributed by atoms with Crippen LogP contribution in [0.1, 0.15) is 37.9 Å². The van der Waals surface area contributed by atoms with Crippen LogP contribution in [0, 0.1) is 6.92 Å². The van der Waals surface area contributed by atoms with E-state index in [9.17, 15) is 5.11 Å². The highest BCUT2D eigenvalue weighted by Gasteiger charge is 2.17. The van der Waals surface area contributed by atoms with Crippen LogP contribution in [0.3, 0.4) is 0 Å². The number of hydrogen-bond donors (Lipinski definition) is 1. The molecule has 0 fully saturated rings. The first-order chi connectivity index (χ1) is 9.17. The van der Waals surface area contributed by atoms with Crippen LogP contribution in [0.2, 0.25) is 0 Å². The van der Waals surface area contributed by atoms with Crippen molar-refractivity contribution in [2.75, 3.05) is 0 Å².